The fourth-order valence-electron chi connectivity index (χ4n) is 12.4. The molecule has 2 aromatic rings. The Morgan fingerprint density at radius 1 is 0.840 bits per heavy atom. The highest BCUT2D eigenvalue weighted by Crippen LogP contribution is 2.63. The summed E-state index contributed by atoms with van der Waals surface area (Å²) in [5, 5.41) is 53.1. The van der Waals surface area contributed by atoms with Gasteiger partial charge in [0, 0.05) is 24.2 Å². The summed E-state index contributed by atoms with van der Waals surface area (Å²) < 4.78 is 47.3. The van der Waals surface area contributed by atoms with E-state index in [1.54, 1.807) is 83.1 Å². The number of hydrogen-bond acceptors (Lipinski definition) is 17. The first kappa shape index (κ1) is 63.1. The molecule has 2 aliphatic heterocycles. The number of allylic oxidation sites excluding steroid dienone is 4. The summed E-state index contributed by atoms with van der Waals surface area (Å²) in [7, 11) is 0. The molecule has 1 amide bonds. The molecule has 5 N–H and O–H groups in total. The highest BCUT2D eigenvalue weighted by molar-refractivity contribution is 5.94. The quantitative estimate of drug-likeness (QED) is 0.0284. The number of carbonyl (C=O) groups excluding carboxylic acids is 5. The van der Waals surface area contributed by atoms with Crippen molar-refractivity contribution in [2.45, 2.75) is 217 Å². The first-order valence-corrected chi connectivity index (χ1v) is 29.1. The molecule has 7 rings (SSSR count). The Balaban J connectivity index is 1.09. The molecule has 5 aliphatic rings. The number of Topliss-reactive ketones (excluding diaryl/α,β-unsaturated/α-hetero) is 1. The van der Waals surface area contributed by atoms with Crippen molar-refractivity contribution in [2.24, 2.45) is 16.7 Å². The van der Waals surface area contributed by atoms with Gasteiger partial charge in [0.25, 0.3) is 0 Å². The molecular weight excluding hydrogens is 1040 g/mol. The lowest BCUT2D eigenvalue weighted by Crippen LogP contribution is -2.81. The van der Waals surface area contributed by atoms with E-state index in [-0.39, 0.29) is 48.5 Å². The molecule has 81 heavy (non-hydrogen) atoms. The second-order valence-corrected chi connectivity index (χ2v) is 24.2. The van der Waals surface area contributed by atoms with Crippen LogP contribution in [0, 0.1) is 16.7 Å². The Hall–Kier alpha value is -5.47. The van der Waals surface area contributed by atoms with Gasteiger partial charge in [0.15, 0.2) is 12.1 Å². The van der Waals surface area contributed by atoms with Crippen molar-refractivity contribution in [2.75, 3.05) is 19.8 Å². The van der Waals surface area contributed by atoms with Gasteiger partial charge in [-0.3, -0.25) is 4.79 Å². The average Bonchev–Trinajstić information content (AvgIpc) is 4.03. The summed E-state index contributed by atoms with van der Waals surface area (Å²) in [6.07, 6.45) is 7.44. The van der Waals surface area contributed by atoms with Crippen LogP contribution in [0.1, 0.15) is 167 Å². The van der Waals surface area contributed by atoms with E-state index >= 15 is 9.59 Å². The third-order valence-corrected chi connectivity index (χ3v) is 17.1. The summed E-state index contributed by atoms with van der Waals surface area (Å²) >= 11 is 0. The van der Waals surface area contributed by atoms with Gasteiger partial charge < -0.3 is 63.6 Å². The van der Waals surface area contributed by atoms with Gasteiger partial charge in [0.1, 0.15) is 53.9 Å². The second-order valence-electron chi connectivity index (χ2n) is 24.2. The molecule has 0 spiro atoms. The summed E-state index contributed by atoms with van der Waals surface area (Å²) in [5.74, 6) is -4.73. The summed E-state index contributed by atoms with van der Waals surface area (Å²) in [6, 6.07) is 14.5. The maximum Gasteiger partial charge on any atom is 0.509 e. The molecule has 3 aliphatic carbocycles. The highest BCUT2D eigenvalue weighted by atomic mass is 16.8. The van der Waals surface area contributed by atoms with Crippen LogP contribution in [0.15, 0.2) is 96.1 Å². The van der Waals surface area contributed by atoms with Gasteiger partial charge in [-0.25, -0.2) is 19.2 Å². The third-order valence-electron chi connectivity index (χ3n) is 17.1. The lowest BCUT2D eigenvalue weighted by molar-refractivity contribution is -0.343. The van der Waals surface area contributed by atoms with Gasteiger partial charge in [-0.05, 0) is 102 Å². The van der Waals surface area contributed by atoms with Crippen molar-refractivity contribution < 1.29 is 82.3 Å². The van der Waals surface area contributed by atoms with Gasteiger partial charge in [-0.2, -0.15) is 0 Å². The molecule has 13 atom stereocenters. The number of amides is 1. The minimum atomic E-state index is -2.41. The molecule has 2 saturated carbocycles. The Morgan fingerprint density at radius 3 is 2.12 bits per heavy atom. The molecule has 18 nitrogen and oxygen atoms in total. The van der Waals surface area contributed by atoms with Crippen LogP contribution in [0.3, 0.4) is 0 Å². The van der Waals surface area contributed by atoms with E-state index < -0.39 is 125 Å². The predicted octanol–water partition coefficient (Wildman–Crippen LogP) is 9.40. The Bertz CT molecular complexity index is 2560. The lowest BCUT2D eigenvalue weighted by atomic mass is 9.44. The zero-order chi connectivity index (χ0) is 58.8. The third kappa shape index (κ3) is 14.5. The number of unbranched alkanes of at least 4 members (excludes halogenated alkanes) is 8. The van der Waals surface area contributed by atoms with Crippen LogP contribution in [0.5, 0.6) is 0 Å². The molecule has 2 heterocycles. The zero-order valence-electron chi connectivity index (χ0n) is 48.5. The molecule has 18 heteroatoms. The molecule has 2 aromatic carbocycles. The van der Waals surface area contributed by atoms with Crippen LogP contribution in [0.4, 0.5) is 9.59 Å². The van der Waals surface area contributed by atoms with E-state index in [9.17, 15) is 34.8 Å². The van der Waals surface area contributed by atoms with Crippen LogP contribution in [-0.4, -0.2) is 136 Å². The van der Waals surface area contributed by atoms with E-state index in [1.807, 2.05) is 0 Å². The average molecular weight is 1130 g/mol. The highest BCUT2D eigenvalue weighted by Gasteiger charge is 2.76. The number of hydrogen-bond donors (Lipinski definition) is 5. The van der Waals surface area contributed by atoms with Crippen molar-refractivity contribution in [3.63, 3.8) is 0 Å². The van der Waals surface area contributed by atoms with E-state index in [0.717, 1.165) is 51.4 Å². The van der Waals surface area contributed by atoms with Crippen molar-refractivity contribution in [3.05, 3.63) is 107 Å². The van der Waals surface area contributed by atoms with Gasteiger partial charge in [0.05, 0.1) is 36.4 Å². The number of benzene rings is 2. The van der Waals surface area contributed by atoms with Gasteiger partial charge in [0.2, 0.25) is 6.10 Å². The minimum absolute atomic E-state index is 0.0697. The number of carbonyl (C=O) groups is 5. The SMILES string of the molecule is CCCC/C=C\C/C=C\CCCCCCCCC1OCC(COC(=O)O[C@@H](C(=O)O[C@H]2C[C@@]3(O)[C@@H](OC(=O)c4ccccc4)[C@@H]4[C@]5(O)CO[C@@H]5C[C@H](O)[C@@]4(C)C(=O)[C@H](O)C(=C2C)C3(C)C)[C@@H](NC(=O)OC(C)(C)C)c2ccccc2)O1. The van der Waals surface area contributed by atoms with Crippen molar-refractivity contribution in [3.8, 4) is 0 Å². The smallest absolute Gasteiger partial charge is 0.455 e. The van der Waals surface area contributed by atoms with Crippen molar-refractivity contribution in [1.29, 1.82) is 0 Å². The lowest BCUT2D eigenvalue weighted by Gasteiger charge is -2.66. The number of ether oxygens (including phenoxy) is 8. The van der Waals surface area contributed by atoms with Crippen LogP contribution < -0.4 is 5.32 Å². The number of aliphatic hydroxyl groups is 4. The van der Waals surface area contributed by atoms with E-state index in [0.29, 0.717) is 6.42 Å². The standard InChI is InChI=1S/C63H87NO17/c1-9-10-11-12-13-14-15-16-17-18-19-20-21-22-29-34-47-74-37-43(77-47)38-75-58(71)79-51(49(41-30-25-23-26-31-41)64-57(70)81-59(3,4)5)56(69)78-44-36-63(73)54(80-55(68)42-32-27-24-28-33-42)52-61(8,45(65)35-46-62(52,72)39-76-46)53(67)50(66)48(40(44)2)60(63,6)7/h12-13,15-16,23-28,30-33,43-47,49-52,54,65-66,72-73H,9-11,14,17-22,29,34-39H2,1-8H3,(H,64,70)/b13-12-,16-15-/t43?,44-,45-,46+,47?,49-,50+,51+,52-,54-,61+,62-,63+/m0/s1. The number of rotatable bonds is 24. The number of nitrogens with one attached hydrogen (secondary N) is 1. The fourth-order valence-corrected chi connectivity index (χ4v) is 12.4. The van der Waals surface area contributed by atoms with Crippen LogP contribution in [-0.2, 0) is 47.5 Å². The van der Waals surface area contributed by atoms with Gasteiger partial charge in [-0.15, -0.1) is 0 Å². The van der Waals surface area contributed by atoms with E-state index in [4.69, 9.17) is 37.9 Å². The van der Waals surface area contributed by atoms with Crippen LogP contribution in [0.2, 0.25) is 0 Å². The zero-order valence-corrected chi connectivity index (χ0v) is 48.5. The van der Waals surface area contributed by atoms with Gasteiger partial charge in [-0.1, -0.05) is 132 Å². The van der Waals surface area contributed by atoms with Crippen molar-refractivity contribution >= 4 is 30.0 Å². The number of alkyl carbamates (subject to hydrolysis) is 1. The number of ketones is 1. The Labute approximate surface area is 476 Å². The normalized spacial score (nSPS) is 30.5. The Morgan fingerprint density at radius 2 is 1.48 bits per heavy atom. The molecular formula is C63H87NO17. The molecule has 2 unspecified atom stereocenters. The van der Waals surface area contributed by atoms with Crippen LogP contribution >= 0.6 is 0 Å². The topological polar surface area (TPSA) is 252 Å². The summed E-state index contributed by atoms with van der Waals surface area (Å²) in [6.45, 7) is 12.6. The van der Waals surface area contributed by atoms with E-state index in [1.165, 1.54) is 45.2 Å². The molecule has 0 aromatic heterocycles. The number of aliphatic hydroxyl groups excluding tert-OH is 2. The molecule has 4 fully saturated rings. The van der Waals surface area contributed by atoms with Crippen LogP contribution in [0.25, 0.3) is 0 Å². The fraction of sp³-hybridized carbons (Fsp3) is 0.635. The first-order chi connectivity index (χ1) is 38.5. The van der Waals surface area contributed by atoms with Gasteiger partial charge >= 0.3 is 24.2 Å². The molecule has 2 saturated heterocycles. The summed E-state index contributed by atoms with van der Waals surface area (Å²) in [4.78, 5) is 72.1. The minimum Gasteiger partial charge on any atom is -0.455 e. The maximum absolute atomic E-state index is 15.2. The van der Waals surface area contributed by atoms with Crippen molar-refractivity contribution in [1.82, 2.24) is 5.32 Å². The monoisotopic (exact) mass is 1130 g/mol. The summed E-state index contributed by atoms with van der Waals surface area (Å²) in [5.41, 5.74) is -8.73. The molecule has 2 bridgehead atoms. The maximum atomic E-state index is 15.2. The first-order valence-electron chi connectivity index (χ1n) is 29.1. The largest absolute Gasteiger partial charge is 0.509 e. The number of fused-ring (bicyclic) bond motifs is 5. The Kier molecular flexibility index (Phi) is 21.3. The predicted molar refractivity (Wildman–Crippen MR) is 298 cm³/mol. The van der Waals surface area contributed by atoms with E-state index in [2.05, 4.69) is 36.5 Å². The second kappa shape index (κ2) is 27.3. The number of esters is 2. The molecule has 0 radical (unpaired) electrons. The molecule has 446 valence electrons.